The highest BCUT2D eigenvalue weighted by atomic mass is 16.7. The van der Waals surface area contributed by atoms with Gasteiger partial charge in [0.2, 0.25) is 5.91 Å². The van der Waals surface area contributed by atoms with E-state index < -0.39 is 86.8 Å². The third-order valence-corrected chi connectivity index (χ3v) is 20.5. The van der Waals surface area contributed by atoms with Crippen LogP contribution in [0.4, 0.5) is 0 Å². The zero-order valence-electron chi connectivity index (χ0n) is 63.7. The zero-order chi connectivity index (χ0) is 71.5. The van der Waals surface area contributed by atoms with Gasteiger partial charge in [-0.1, -0.05) is 376 Å². The maximum Gasteiger partial charge on any atom is 0.220 e. The maximum absolute atomic E-state index is 13.4. The summed E-state index contributed by atoms with van der Waals surface area (Å²) in [5.74, 6) is -0.199. The summed E-state index contributed by atoms with van der Waals surface area (Å²) in [7, 11) is 0. The van der Waals surface area contributed by atoms with E-state index in [1.54, 1.807) is 0 Å². The summed E-state index contributed by atoms with van der Waals surface area (Å²) in [6, 6.07) is -0.831. The van der Waals surface area contributed by atoms with Gasteiger partial charge in [0.25, 0.3) is 0 Å². The predicted octanol–water partition coefficient (Wildman–Crippen LogP) is 19.5. The molecule has 580 valence electrons. The molecule has 0 aromatic rings. The van der Waals surface area contributed by atoms with Crippen LogP contribution in [0.5, 0.6) is 0 Å². The second-order valence-electron chi connectivity index (χ2n) is 29.6. The Hall–Kier alpha value is -2.31. The quantitative estimate of drug-likeness (QED) is 0.0204. The molecule has 99 heavy (non-hydrogen) atoms. The summed E-state index contributed by atoms with van der Waals surface area (Å²) < 4.78 is 23.0. The molecule has 12 atom stereocenters. The Morgan fingerprint density at radius 3 is 1.07 bits per heavy atom. The molecule has 0 radical (unpaired) electrons. The van der Waals surface area contributed by atoms with Crippen LogP contribution in [0.1, 0.15) is 380 Å². The monoisotopic (exact) mass is 1400 g/mol. The molecule has 2 heterocycles. The van der Waals surface area contributed by atoms with Crippen molar-refractivity contribution in [2.45, 2.75) is 453 Å². The van der Waals surface area contributed by atoms with Gasteiger partial charge in [0, 0.05) is 6.42 Å². The van der Waals surface area contributed by atoms with E-state index >= 15 is 0 Å². The maximum atomic E-state index is 13.4. The van der Waals surface area contributed by atoms with Crippen LogP contribution in [-0.4, -0.2) is 140 Å². The molecule has 0 aromatic carbocycles. The number of aliphatic hydroxyl groups is 8. The molecule has 12 unspecified atom stereocenters. The van der Waals surface area contributed by atoms with E-state index in [2.05, 4.69) is 79.9 Å². The molecule has 2 aliphatic heterocycles. The van der Waals surface area contributed by atoms with Gasteiger partial charge in [-0.15, -0.1) is 0 Å². The molecule has 1 amide bonds. The highest BCUT2D eigenvalue weighted by molar-refractivity contribution is 5.76. The van der Waals surface area contributed by atoms with Crippen molar-refractivity contribution < 1.29 is 64.6 Å². The van der Waals surface area contributed by atoms with Crippen LogP contribution in [0.3, 0.4) is 0 Å². The second kappa shape index (κ2) is 68.8. The number of aliphatic hydroxyl groups excluding tert-OH is 8. The average molecular weight is 1400 g/mol. The summed E-state index contributed by atoms with van der Waals surface area (Å²) in [6.45, 7) is 2.81. The van der Waals surface area contributed by atoms with Gasteiger partial charge < -0.3 is 65.1 Å². The Morgan fingerprint density at radius 1 is 0.374 bits per heavy atom. The van der Waals surface area contributed by atoms with Crippen LogP contribution in [0.25, 0.3) is 0 Å². The van der Waals surface area contributed by atoms with Crippen LogP contribution < -0.4 is 5.32 Å². The standard InChI is InChI=1S/C85H157NO13/c1-3-5-7-9-11-13-15-17-19-21-23-25-27-29-31-33-34-35-36-37-38-39-40-41-43-45-47-49-51-53-55-57-59-61-63-65-67-69-77(90)86-73(72-96-84-82(95)80(93)83(76(71-88)98-84)99-85-81(94)79(92)78(91)75(70-87)97-85)74(89)68-66-64-62-60-58-56-54-52-50-48-46-44-42-32-30-28-26-24-22-20-18-16-14-12-10-8-6-4-2/h5,7,11,13,17,19,23,25,29,31,73-76,78-85,87-89,91-95H,3-4,6,8-10,12,14-16,18,20-22,24,26-28,30,32-72H2,1-2H3,(H,86,90)/b7-5-,13-11-,19-17-,25-23-,31-29-. The minimum atomic E-state index is -1.78. The van der Waals surface area contributed by atoms with Crippen molar-refractivity contribution >= 4 is 5.91 Å². The van der Waals surface area contributed by atoms with Crippen LogP contribution in [0.2, 0.25) is 0 Å². The van der Waals surface area contributed by atoms with Crippen LogP contribution in [0.15, 0.2) is 60.8 Å². The molecule has 2 rings (SSSR count). The first-order valence-electron chi connectivity index (χ1n) is 42.0. The fourth-order valence-corrected chi connectivity index (χ4v) is 13.9. The molecule has 9 N–H and O–H groups in total. The minimum absolute atomic E-state index is 0.199. The number of hydrogen-bond acceptors (Lipinski definition) is 13. The van der Waals surface area contributed by atoms with Crippen molar-refractivity contribution in [3.8, 4) is 0 Å². The lowest BCUT2D eigenvalue weighted by molar-refractivity contribution is -0.359. The fourth-order valence-electron chi connectivity index (χ4n) is 13.9. The molecule has 0 aliphatic carbocycles. The van der Waals surface area contributed by atoms with Crippen molar-refractivity contribution in [2.24, 2.45) is 0 Å². The molecule has 2 aliphatic rings. The molecular formula is C85H157NO13. The predicted molar refractivity (Wildman–Crippen MR) is 411 cm³/mol. The molecule has 0 saturated carbocycles. The first-order valence-corrected chi connectivity index (χ1v) is 42.0. The third kappa shape index (κ3) is 51.5. The SMILES string of the molecule is CC/C=C\C/C=C\C/C=C\C/C=C\C/C=C\CCCCCCCCCCCCCCCCCCCCCCCC(=O)NC(COC1OC(CO)C(OC2OC(CO)C(O)C(O)C2O)C(O)C1O)C(O)CCCCCCCCCCCCCCCCCCCCCCCCCCCCCC. The normalized spacial score (nSPS) is 22.2. The van der Waals surface area contributed by atoms with E-state index in [-0.39, 0.29) is 12.5 Å². The van der Waals surface area contributed by atoms with E-state index in [9.17, 15) is 45.6 Å². The number of allylic oxidation sites excluding steroid dienone is 10. The molecule has 2 saturated heterocycles. The number of hydrogen-bond donors (Lipinski definition) is 9. The van der Waals surface area contributed by atoms with Gasteiger partial charge in [-0.25, -0.2) is 0 Å². The molecule has 0 spiro atoms. The second-order valence-corrected chi connectivity index (χ2v) is 29.6. The number of unbranched alkanes of at least 4 members (excludes halogenated alkanes) is 48. The van der Waals surface area contributed by atoms with Crippen LogP contribution in [0, 0.1) is 0 Å². The fraction of sp³-hybridized carbons (Fsp3) is 0.871. The van der Waals surface area contributed by atoms with E-state index in [1.807, 2.05) is 0 Å². The lowest BCUT2D eigenvalue weighted by atomic mass is 9.97. The molecule has 14 heteroatoms. The zero-order valence-corrected chi connectivity index (χ0v) is 63.7. The molecular weight excluding hydrogens is 1240 g/mol. The van der Waals surface area contributed by atoms with Gasteiger partial charge in [0.05, 0.1) is 32.0 Å². The Kier molecular flexibility index (Phi) is 64.5. The Morgan fingerprint density at radius 2 is 0.697 bits per heavy atom. The van der Waals surface area contributed by atoms with Gasteiger partial charge in [-0.3, -0.25) is 4.79 Å². The van der Waals surface area contributed by atoms with Crippen molar-refractivity contribution in [1.82, 2.24) is 5.32 Å². The van der Waals surface area contributed by atoms with Crippen LogP contribution >= 0.6 is 0 Å². The number of ether oxygens (including phenoxy) is 4. The van der Waals surface area contributed by atoms with Crippen molar-refractivity contribution in [1.29, 1.82) is 0 Å². The van der Waals surface area contributed by atoms with Crippen molar-refractivity contribution in [2.75, 3.05) is 19.8 Å². The van der Waals surface area contributed by atoms with Gasteiger partial charge in [0.1, 0.15) is 48.8 Å². The first-order chi connectivity index (χ1) is 48.6. The highest BCUT2D eigenvalue weighted by Crippen LogP contribution is 2.31. The summed E-state index contributed by atoms with van der Waals surface area (Å²) in [5.41, 5.74) is 0. The summed E-state index contributed by atoms with van der Waals surface area (Å²) in [5, 5.41) is 88.0. The largest absolute Gasteiger partial charge is 0.394 e. The lowest BCUT2D eigenvalue weighted by Gasteiger charge is -2.46. The Balaban J connectivity index is 1.57. The average Bonchev–Trinajstić information content (AvgIpc) is 0.793. The van der Waals surface area contributed by atoms with Crippen molar-refractivity contribution in [3.63, 3.8) is 0 Å². The van der Waals surface area contributed by atoms with Gasteiger partial charge in [0.15, 0.2) is 12.6 Å². The molecule has 0 bridgehead atoms. The van der Waals surface area contributed by atoms with Crippen molar-refractivity contribution in [3.05, 3.63) is 60.8 Å². The van der Waals surface area contributed by atoms with E-state index in [4.69, 9.17) is 18.9 Å². The number of carbonyl (C=O) groups excluding carboxylic acids is 1. The van der Waals surface area contributed by atoms with Gasteiger partial charge in [-0.05, 0) is 57.8 Å². The third-order valence-electron chi connectivity index (χ3n) is 20.5. The van der Waals surface area contributed by atoms with E-state index in [0.717, 1.165) is 83.5 Å². The smallest absolute Gasteiger partial charge is 0.220 e. The minimum Gasteiger partial charge on any atom is -0.394 e. The lowest BCUT2D eigenvalue weighted by Crippen LogP contribution is -2.65. The van der Waals surface area contributed by atoms with E-state index in [1.165, 1.54) is 270 Å². The molecule has 0 aromatic heterocycles. The number of nitrogens with one attached hydrogen (secondary N) is 1. The summed E-state index contributed by atoms with van der Waals surface area (Å²) >= 11 is 0. The Labute approximate surface area is 606 Å². The van der Waals surface area contributed by atoms with Crippen LogP contribution in [-0.2, 0) is 23.7 Å². The highest BCUT2D eigenvalue weighted by Gasteiger charge is 2.51. The van der Waals surface area contributed by atoms with Gasteiger partial charge >= 0.3 is 0 Å². The van der Waals surface area contributed by atoms with E-state index in [0.29, 0.717) is 12.8 Å². The summed E-state index contributed by atoms with van der Waals surface area (Å²) in [6.07, 6.45) is 77.0. The number of carbonyl (C=O) groups is 1. The van der Waals surface area contributed by atoms with Gasteiger partial charge in [-0.2, -0.15) is 0 Å². The topological polar surface area (TPSA) is 228 Å². The molecule has 2 fully saturated rings. The Bertz CT molecular complexity index is 1900. The number of amides is 1. The molecule has 14 nitrogen and oxygen atoms in total. The first kappa shape index (κ1) is 92.8. The summed E-state index contributed by atoms with van der Waals surface area (Å²) in [4.78, 5) is 13.4. The number of rotatable bonds is 71.